The van der Waals surface area contributed by atoms with Crippen LogP contribution in [-0.4, -0.2) is 62.2 Å². The molecule has 2 aromatic rings. The highest BCUT2D eigenvalue weighted by Gasteiger charge is 2.16. The third-order valence-electron chi connectivity index (χ3n) is 5.19. The molecule has 2 heterocycles. The second kappa shape index (κ2) is 12.6. The minimum Gasteiger partial charge on any atom is -0.356 e. The molecule has 0 aliphatic carbocycles. The lowest BCUT2D eigenvalue weighted by atomic mass is 10.1. The van der Waals surface area contributed by atoms with E-state index in [1.807, 2.05) is 12.3 Å². The minimum atomic E-state index is 0. The Bertz CT molecular complexity index is 727. The van der Waals surface area contributed by atoms with Gasteiger partial charge < -0.3 is 20.4 Å². The summed E-state index contributed by atoms with van der Waals surface area (Å²) in [6.45, 7) is 9.25. The smallest absolute Gasteiger partial charge is 0.191 e. The summed E-state index contributed by atoms with van der Waals surface area (Å²) in [7, 11) is 1.80. The number of anilines is 1. The van der Waals surface area contributed by atoms with Gasteiger partial charge in [0.15, 0.2) is 5.96 Å². The molecule has 1 aliphatic heterocycles. The average molecular weight is 508 g/mol. The lowest BCUT2D eigenvalue weighted by molar-refractivity contribution is 0.270. The molecule has 3 rings (SSSR count). The predicted molar refractivity (Wildman–Crippen MR) is 132 cm³/mol. The summed E-state index contributed by atoms with van der Waals surface area (Å²) in [6.07, 6.45) is 2.94. The average Bonchev–Trinajstić information content (AvgIpc) is 2.77. The number of guanidine groups is 1. The molecule has 2 N–H and O–H groups in total. The van der Waals surface area contributed by atoms with Crippen LogP contribution >= 0.6 is 24.0 Å². The van der Waals surface area contributed by atoms with Gasteiger partial charge in [-0.25, -0.2) is 4.98 Å². The van der Waals surface area contributed by atoms with Crippen LogP contribution < -0.4 is 15.5 Å². The topological polar surface area (TPSA) is 55.8 Å². The van der Waals surface area contributed by atoms with E-state index in [1.165, 1.54) is 5.56 Å². The summed E-state index contributed by atoms with van der Waals surface area (Å²) in [5.74, 6) is 1.89. The van der Waals surface area contributed by atoms with Gasteiger partial charge in [0.05, 0.1) is 0 Å². The van der Waals surface area contributed by atoms with Gasteiger partial charge in [0.2, 0.25) is 0 Å². The van der Waals surface area contributed by atoms with Crippen molar-refractivity contribution in [3.63, 3.8) is 0 Å². The summed E-state index contributed by atoms with van der Waals surface area (Å²) >= 11 is 0. The van der Waals surface area contributed by atoms with Gasteiger partial charge in [0.1, 0.15) is 5.82 Å². The molecule has 6 nitrogen and oxygen atoms in total. The van der Waals surface area contributed by atoms with Gasteiger partial charge >= 0.3 is 0 Å². The Morgan fingerprint density at radius 1 is 1.00 bits per heavy atom. The van der Waals surface area contributed by atoms with Crippen molar-refractivity contribution in [1.29, 1.82) is 0 Å². The Labute approximate surface area is 191 Å². The van der Waals surface area contributed by atoms with Crippen LogP contribution in [-0.2, 0) is 13.0 Å². The summed E-state index contributed by atoms with van der Waals surface area (Å²) in [5, 5.41) is 6.73. The molecular formula is C22H33IN6. The van der Waals surface area contributed by atoms with Crippen LogP contribution in [0.4, 0.5) is 5.82 Å². The molecule has 0 amide bonds. The highest BCUT2D eigenvalue weighted by atomic mass is 127. The molecule has 0 bridgehead atoms. The molecule has 1 aromatic carbocycles. The lowest BCUT2D eigenvalue weighted by Crippen LogP contribution is -2.46. The van der Waals surface area contributed by atoms with Gasteiger partial charge in [-0.2, -0.15) is 0 Å². The van der Waals surface area contributed by atoms with Crippen molar-refractivity contribution in [3.05, 3.63) is 59.8 Å². The zero-order valence-corrected chi connectivity index (χ0v) is 19.8. The first-order chi connectivity index (χ1) is 13.8. The van der Waals surface area contributed by atoms with Crippen LogP contribution in [0, 0.1) is 0 Å². The standard InChI is InChI=1S/C22H32N6.HI/c1-3-27-13-15-28(16-14-27)21-10-9-20(17-25-21)18-26-22(23-2)24-12-11-19-7-5-4-6-8-19;/h4-10,17H,3,11-16,18H2,1-2H3,(H2,23,24,26);1H. The second-order valence-corrected chi connectivity index (χ2v) is 7.03. The van der Waals surface area contributed by atoms with Crippen molar-refractivity contribution in [3.8, 4) is 0 Å². The summed E-state index contributed by atoms with van der Waals surface area (Å²) in [5.41, 5.74) is 2.48. The number of aromatic nitrogens is 1. The van der Waals surface area contributed by atoms with E-state index in [0.29, 0.717) is 6.54 Å². The number of halogens is 1. The van der Waals surface area contributed by atoms with Gasteiger partial charge in [-0.3, -0.25) is 4.99 Å². The van der Waals surface area contributed by atoms with Crippen LogP contribution in [0.1, 0.15) is 18.1 Å². The first kappa shape index (κ1) is 23.4. The maximum absolute atomic E-state index is 4.67. The van der Waals surface area contributed by atoms with E-state index in [1.54, 1.807) is 7.05 Å². The van der Waals surface area contributed by atoms with Gasteiger partial charge in [0, 0.05) is 52.5 Å². The molecule has 1 saturated heterocycles. The van der Waals surface area contributed by atoms with Crippen molar-refractivity contribution in [2.45, 2.75) is 19.9 Å². The first-order valence-corrected chi connectivity index (χ1v) is 10.2. The largest absolute Gasteiger partial charge is 0.356 e. The number of likely N-dealkylation sites (N-methyl/N-ethyl adjacent to an activating group) is 1. The number of nitrogens with one attached hydrogen (secondary N) is 2. The third kappa shape index (κ3) is 7.47. The number of hydrogen-bond donors (Lipinski definition) is 2. The molecular weight excluding hydrogens is 475 g/mol. The highest BCUT2D eigenvalue weighted by Crippen LogP contribution is 2.14. The van der Waals surface area contributed by atoms with Crippen LogP contribution in [0.25, 0.3) is 0 Å². The predicted octanol–water partition coefficient (Wildman–Crippen LogP) is 2.75. The van der Waals surface area contributed by atoms with E-state index < -0.39 is 0 Å². The summed E-state index contributed by atoms with van der Waals surface area (Å²) in [6, 6.07) is 14.8. The van der Waals surface area contributed by atoms with Crippen molar-refractivity contribution in [1.82, 2.24) is 20.5 Å². The zero-order chi connectivity index (χ0) is 19.6. The molecule has 1 aliphatic rings. The SMILES string of the molecule is CCN1CCN(c2ccc(CNC(=NC)NCCc3ccccc3)cn2)CC1.I. The lowest BCUT2D eigenvalue weighted by Gasteiger charge is -2.34. The fourth-order valence-corrected chi connectivity index (χ4v) is 3.38. The number of piperazine rings is 1. The van der Waals surface area contributed by atoms with Crippen molar-refractivity contribution < 1.29 is 0 Å². The van der Waals surface area contributed by atoms with Gasteiger partial charge in [0.25, 0.3) is 0 Å². The molecule has 0 radical (unpaired) electrons. The van der Waals surface area contributed by atoms with Crippen molar-refractivity contribution >= 4 is 35.8 Å². The van der Waals surface area contributed by atoms with Crippen LogP contribution in [0.2, 0.25) is 0 Å². The maximum atomic E-state index is 4.67. The monoisotopic (exact) mass is 508 g/mol. The third-order valence-corrected chi connectivity index (χ3v) is 5.19. The Kier molecular flexibility index (Phi) is 10.2. The molecule has 1 fully saturated rings. The normalized spacial score (nSPS) is 15.0. The maximum Gasteiger partial charge on any atom is 0.191 e. The Balaban J connectivity index is 0.00000300. The zero-order valence-electron chi connectivity index (χ0n) is 17.5. The van der Waals surface area contributed by atoms with Gasteiger partial charge in [-0.1, -0.05) is 43.3 Å². The van der Waals surface area contributed by atoms with Crippen LogP contribution in [0.5, 0.6) is 0 Å². The fourth-order valence-electron chi connectivity index (χ4n) is 3.38. The van der Waals surface area contributed by atoms with Crippen molar-refractivity contribution in [2.75, 3.05) is 51.2 Å². The highest BCUT2D eigenvalue weighted by molar-refractivity contribution is 14.0. The molecule has 0 spiro atoms. The Hall–Kier alpha value is -1.87. The van der Waals surface area contributed by atoms with E-state index in [2.05, 4.69) is 73.7 Å². The molecule has 1 aromatic heterocycles. The summed E-state index contributed by atoms with van der Waals surface area (Å²) in [4.78, 5) is 13.8. The number of aliphatic imine (C=N–C) groups is 1. The quantitative estimate of drug-likeness (QED) is 0.342. The fraction of sp³-hybridized carbons (Fsp3) is 0.455. The number of pyridine rings is 1. The number of rotatable bonds is 7. The number of nitrogens with zero attached hydrogens (tertiary/aromatic N) is 4. The second-order valence-electron chi connectivity index (χ2n) is 7.03. The number of benzene rings is 1. The molecule has 158 valence electrons. The Morgan fingerprint density at radius 3 is 2.38 bits per heavy atom. The Morgan fingerprint density at radius 2 is 1.76 bits per heavy atom. The van der Waals surface area contributed by atoms with Gasteiger partial charge in [-0.15, -0.1) is 24.0 Å². The van der Waals surface area contributed by atoms with Crippen molar-refractivity contribution in [2.24, 2.45) is 4.99 Å². The van der Waals surface area contributed by atoms with Crippen LogP contribution in [0.15, 0.2) is 53.7 Å². The van der Waals surface area contributed by atoms with E-state index >= 15 is 0 Å². The number of hydrogen-bond acceptors (Lipinski definition) is 4. The molecule has 29 heavy (non-hydrogen) atoms. The van der Waals surface area contributed by atoms with E-state index in [0.717, 1.165) is 63.0 Å². The van der Waals surface area contributed by atoms with Crippen LogP contribution in [0.3, 0.4) is 0 Å². The molecule has 0 saturated carbocycles. The van der Waals surface area contributed by atoms with E-state index in [-0.39, 0.29) is 24.0 Å². The molecule has 0 unspecified atom stereocenters. The molecule has 7 heteroatoms. The summed E-state index contributed by atoms with van der Waals surface area (Å²) < 4.78 is 0. The van der Waals surface area contributed by atoms with E-state index in [4.69, 9.17) is 0 Å². The van der Waals surface area contributed by atoms with E-state index in [9.17, 15) is 0 Å². The molecule has 0 atom stereocenters. The first-order valence-electron chi connectivity index (χ1n) is 10.2. The minimum absolute atomic E-state index is 0. The van der Waals surface area contributed by atoms with Gasteiger partial charge in [-0.05, 0) is 30.2 Å².